The van der Waals surface area contributed by atoms with Crippen LogP contribution >= 0.6 is 0 Å². The Kier molecular flexibility index (Phi) is 6.01. The molecular formula is C27H47NO. The van der Waals surface area contributed by atoms with E-state index in [-0.39, 0.29) is 6.10 Å². The molecule has 4 aliphatic rings. The lowest BCUT2D eigenvalue weighted by atomic mass is 9.47. The van der Waals surface area contributed by atoms with E-state index in [0.717, 1.165) is 42.4 Å². The molecule has 3 saturated carbocycles. The van der Waals surface area contributed by atoms with Crippen molar-refractivity contribution >= 4 is 0 Å². The van der Waals surface area contributed by atoms with E-state index < -0.39 is 0 Å². The Balaban J connectivity index is 1.51. The topological polar surface area (TPSA) is 46.2 Å². The molecule has 3 fully saturated rings. The zero-order chi connectivity index (χ0) is 21.0. The molecule has 0 aliphatic heterocycles. The predicted molar refractivity (Wildman–Crippen MR) is 122 cm³/mol. The number of allylic oxidation sites excluding steroid dienone is 1. The first-order valence-corrected chi connectivity index (χ1v) is 12.8. The minimum atomic E-state index is -0.0937. The van der Waals surface area contributed by atoms with Gasteiger partial charge in [-0.2, -0.15) is 0 Å². The third-order valence-electron chi connectivity index (χ3n) is 10.5. The summed E-state index contributed by atoms with van der Waals surface area (Å²) in [5.41, 5.74) is 9.20. The average Bonchev–Trinajstić information content (AvgIpc) is 3.03. The highest BCUT2D eigenvalue weighted by Gasteiger charge is 2.59. The van der Waals surface area contributed by atoms with Crippen LogP contribution in [0.3, 0.4) is 0 Å². The fourth-order valence-corrected chi connectivity index (χ4v) is 8.63. The molecule has 4 aliphatic carbocycles. The Labute approximate surface area is 180 Å². The Hall–Kier alpha value is -0.340. The van der Waals surface area contributed by atoms with Crippen molar-refractivity contribution in [1.82, 2.24) is 0 Å². The third kappa shape index (κ3) is 3.65. The van der Waals surface area contributed by atoms with E-state index in [1.165, 1.54) is 51.4 Å². The summed E-state index contributed by atoms with van der Waals surface area (Å²) in [6.07, 6.45) is 14.9. The Bertz CT molecular complexity index is 626. The van der Waals surface area contributed by atoms with Gasteiger partial charge in [-0.05, 0) is 111 Å². The van der Waals surface area contributed by atoms with Gasteiger partial charge in [-0.15, -0.1) is 0 Å². The Morgan fingerprint density at radius 1 is 1.03 bits per heavy atom. The molecule has 0 aromatic carbocycles. The lowest BCUT2D eigenvalue weighted by Crippen LogP contribution is -2.51. The van der Waals surface area contributed by atoms with Crippen LogP contribution < -0.4 is 5.73 Å². The SMILES string of the molecule is CC(C)CCC(N)[C@@H](C)[C@H]1CC[C@H]2[C@@H]3CC=C4C[C@@H](O)CC[C@]4(C)[C@H]3CC[C@]12C. The zero-order valence-corrected chi connectivity index (χ0v) is 19.8. The van der Waals surface area contributed by atoms with Gasteiger partial charge in [-0.3, -0.25) is 0 Å². The van der Waals surface area contributed by atoms with Crippen molar-refractivity contribution in [2.45, 2.75) is 111 Å². The van der Waals surface area contributed by atoms with Crippen LogP contribution in [0.5, 0.6) is 0 Å². The van der Waals surface area contributed by atoms with Gasteiger partial charge in [-0.25, -0.2) is 0 Å². The Morgan fingerprint density at radius 3 is 2.52 bits per heavy atom. The lowest BCUT2D eigenvalue weighted by molar-refractivity contribution is -0.0584. The molecule has 2 heteroatoms. The van der Waals surface area contributed by atoms with Crippen molar-refractivity contribution in [3.63, 3.8) is 0 Å². The molecule has 2 nitrogen and oxygen atoms in total. The summed E-state index contributed by atoms with van der Waals surface area (Å²) in [7, 11) is 0. The van der Waals surface area contributed by atoms with Crippen molar-refractivity contribution in [3.8, 4) is 0 Å². The molecular weight excluding hydrogens is 354 g/mol. The second-order valence-electron chi connectivity index (χ2n) is 12.4. The second-order valence-corrected chi connectivity index (χ2v) is 12.4. The molecule has 1 unspecified atom stereocenters. The summed E-state index contributed by atoms with van der Waals surface area (Å²) in [4.78, 5) is 0. The largest absolute Gasteiger partial charge is 0.393 e. The molecule has 0 bridgehead atoms. The molecule has 0 amide bonds. The zero-order valence-electron chi connectivity index (χ0n) is 19.8. The van der Waals surface area contributed by atoms with Crippen molar-refractivity contribution in [1.29, 1.82) is 0 Å². The van der Waals surface area contributed by atoms with Gasteiger partial charge in [0.1, 0.15) is 0 Å². The summed E-state index contributed by atoms with van der Waals surface area (Å²) in [5.74, 6) is 4.80. The molecule has 0 aromatic rings. The van der Waals surface area contributed by atoms with Gasteiger partial charge in [-0.1, -0.05) is 46.3 Å². The van der Waals surface area contributed by atoms with Gasteiger partial charge >= 0.3 is 0 Å². The number of aliphatic hydroxyl groups excluding tert-OH is 1. The van der Waals surface area contributed by atoms with Crippen LogP contribution in [0.1, 0.15) is 98.8 Å². The molecule has 29 heavy (non-hydrogen) atoms. The molecule has 9 atom stereocenters. The maximum atomic E-state index is 10.2. The molecule has 0 aromatic heterocycles. The van der Waals surface area contributed by atoms with Gasteiger partial charge in [0.25, 0.3) is 0 Å². The fourth-order valence-electron chi connectivity index (χ4n) is 8.63. The van der Waals surface area contributed by atoms with Crippen LogP contribution in [0.25, 0.3) is 0 Å². The average molecular weight is 402 g/mol. The van der Waals surface area contributed by atoms with E-state index in [9.17, 15) is 5.11 Å². The first kappa shape index (κ1) is 21.9. The van der Waals surface area contributed by atoms with Crippen LogP contribution in [0, 0.1) is 46.3 Å². The minimum Gasteiger partial charge on any atom is -0.393 e. The minimum absolute atomic E-state index is 0.0937. The molecule has 166 valence electrons. The molecule has 3 N–H and O–H groups in total. The molecule has 0 radical (unpaired) electrons. The van der Waals surface area contributed by atoms with E-state index in [2.05, 4.69) is 40.7 Å². The van der Waals surface area contributed by atoms with E-state index in [4.69, 9.17) is 5.73 Å². The van der Waals surface area contributed by atoms with Crippen LogP contribution in [0.4, 0.5) is 0 Å². The Morgan fingerprint density at radius 2 is 1.79 bits per heavy atom. The van der Waals surface area contributed by atoms with Crippen molar-refractivity contribution in [2.24, 2.45) is 52.1 Å². The van der Waals surface area contributed by atoms with Crippen LogP contribution in [-0.2, 0) is 0 Å². The molecule has 0 spiro atoms. The third-order valence-corrected chi connectivity index (χ3v) is 10.5. The van der Waals surface area contributed by atoms with E-state index in [1.54, 1.807) is 5.57 Å². The highest BCUT2D eigenvalue weighted by molar-refractivity contribution is 5.25. The number of fused-ring (bicyclic) bond motifs is 5. The summed E-state index contributed by atoms with van der Waals surface area (Å²) < 4.78 is 0. The number of aliphatic hydroxyl groups is 1. The smallest absolute Gasteiger partial charge is 0.0577 e. The molecule has 0 heterocycles. The highest BCUT2D eigenvalue weighted by Crippen LogP contribution is 2.67. The van der Waals surface area contributed by atoms with Gasteiger partial charge in [0.15, 0.2) is 0 Å². The summed E-state index contributed by atoms with van der Waals surface area (Å²) in [6, 6.07) is 0.367. The lowest BCUT2D eigenvalue weighted by Gasteiger charge is -2.58. The van der Waals surface area contributed by atoms with Gasteiger partial charge in [0.2, 0.25) is 0 Å². The van der Waals surface area contributed by atoms with Gasteiger partial charge < -0.3 is 10.8 Å². The van der Waals surface area contributed by atoms with Crippen molar-refractivity contribution < 1.29 is 5.11 Å². The molecule has 0 saturated heterocycles. The fraction of sp³-hybridized carbons (Fsp3) is 0.926. The first-order valence-electron chi connectivity index (χ1n) is 12.8. The van der Waals surface area contributed by atoms with Gasteiger partial charge in [0, 0.05) is 6.04 Å². The number of rotatable bonds is 5. The quantitative estimate of drug-likeness (QED) is 0.529. The van der Waals surface area contributed by atoms with E-state index in [0.29, 0.717) is 22.8 Å². The standard InChI is InChI=1S/C27H47NO/c1-17(2)6-11-25(28)18(3)22-9-10-23-21-8-7-19-16-20(29)12-14-26(19,4)24(21)13-15-27(22,23)5/h7,17-18,20-25,29H,6,8-16,28H2,1-5H3/t18-,20-,21-,22+,23-,24-,25?,26-,27+/m0/s1. The van der Waals surface area contributed by atoms with Gasteiger partial charge in [0.05, 0.1) is 6.10 Å². The van der Waals surface area contributed by atoms with Crippen molar-refractivity contribution in [3.05, 3.63) is 11.6 Å². The number of nitrogens with two attached hydrogens (primary N) is 1. The van der Waals surface area contributed by atoms with E-state index >= 15 is 0 Å². The maximum Gasteiger partial charge on any atom is 0.0577 e. The van der Waals surface area contributed by atoms with Crippen molar-refractivity contribution in [2.75, 3.05) is 0 Å². The van der Waals surface area contributed by atoms with Crippen LogP contribution in [0.2, 0.25) is 0 Å². The molecule has 4 rings (SSSR count). The summed E-state index contributed by atoms with van der Waals surface area (Å²) in [6.45, 7) is 12.3. The number of hydrogen-bond donors (Lipinski definition) is 2. The normalized spacial score (nSPS) is 46.5. The first-order chi connectivity index (χ1) is 13.7. The summed E-state index contributed by atoms with van der Waals surface area (Å²) in [5, 5.41) is 10.2. The second kappa shape index (κ2) is 7.97. The van der Waals surface area contributed by atoms with Crippen LogP contribution in [-0.4, -0.2) is 17.3 Å². The van der Waals surface area contributed by atoms with E-state index in [1.807, 2.05) is 0 Å². The maximum absolute atomic E-state index is 10.2. The number of hydrogen-bond acceptors (Lipinski definition) is 2. The predicted octanol–water partition coefficient (Wildman–Crippen LogP) is 6.33. The monoisotopic (exact) mass is 401 g/mol. The summed E-state index contributed by atoms with van der Waals surface area (Å²) >= 11 is 0. The highest BCUT2D eigenvalue weighted by atomic mass is 16.3. The van der Waals surface area contributed by atoms with Crippen LogP contribution in [0.15, 0.2) is 11.6 Å².